The van der Waals surface area contributed by atoms with Gasteiger partial charge in [-0.1, -0.05) is 42.8 Å². The van der Waals surface area contributed by atoms with Crippen LogP contribution in [0.2, 0.25) is 4.34 Å². The second-order valence-corrected chi connectivity index (χ2v) is 9.40. The van der Waals surface area contributed by atoms with Crippen LogP contribution in [-0.4, -0.2) is 27.4 Å². The SMILES string of the molecule is CCc1ccccc1NC(=O)CCN1C(=S)NC(c2ccccn2)C1c1ccc(Cl)s1. The van der Waals surface area contributed by atoms with E-state index in [-0.39, 0.29) is 18.0 Å². The summed E-state index contributed by atoms with van der Waals surface area (Å²) in [5.41, 5.74) is 2.89. The minimum Gasteiger partial charge on any atom is -0.352 e. The maximum absolute atomic E-state index is 12.7. The number of rotatable bonds is 7. The first kappa shape index (κ1) is 21.7. The van der Waals surface area contributed by atoms with Crippen molar-refractivity contribution < 1.29 is 4.79 Å². The van der Waals surface area contributed by atoms with Gasteiger partial charge in [-0.3, -0.25) is 9.78 Å². The molecule has 3 heterocycles. The number of nitrogens with zero attached hydrogens (tertiary/aromatic N) is 2. The molecule has 0 spiro atoms. The molecule has 1 aliphatic heterocycles. The van der Waals surface area contributed by atoms with Crippen molar-refractivity contribution in [3.8, 4) is 0 Å². The van der Waals surface area contributed by atoms with Gasteiger partial charge in [-0.05, 0) is 54.5 Å². The van der Waals surface area contributed by atoms with Crippen molar-refractivity contribution in [1.29, 1.82) is 0 Å². The molecule has 0 radical (unpaired) electrons. The summed E-state index contributed by atoms with van der Waals surface area (Å²) >= 11 is 13.4. The molecule has 5 nitrogen and oxygen atoms in total. The van der Waals surface area contributed by atoms with Gasteiger partial charge >= 0.3 is 0 Å². The van der Waals surface area contributed by atoms with Crippen molar-refractivity contribution >= 4 is 51.9 Å². The first-order chi connectivity index (χ1) is 15.1. The van der Waals surface area contributed by atoms with Crippen LogP contribution >= 0.6 is 35.2 Å². The average molecular weight is 471 g/mol. The molecule has 1 saturated heterocycles. The molecule has 3 aromatic rings. The molecule has 160 valence electrons. The molecule has 4 rings (SSSR count). The van der Waals surface area contributed by atoms with E-state index in [0.29, 0.717) is 18.1 Å². The summed E-state index contributed by atoms with van der Waals surface area (Å²) in [6.45, 7) is 2.57. The number of amides is 1. The number of aromatic nitrogens is 1. The van der Waals surface area contributed by atoms with Gasteiger partial charge < -0.3 is 15.5 Å². The quantitative estimate of drug-likeness (QED) is 0.455. The lowest BCUT2D eigenvalue weighted by atomic mass is 10.0. The summed E-state index contributed by atoms with van der Waals surface area (Å²) in [7, 11) is 0. The van der Waals surface area contributed by atoms with Crippen LogP contribution in [0.5, 0.6) is 0 Å². The van der Waals surface area contributed by atoms with Crippen molar-refractivity contribution in [2.75, 3.05) is 11.9 Å². The molecule has 31 heavy (non-hydrogen) atoms. The van der Waals surface area contributed by atoms with E-state index in [1.165, 1.54) is 11.3 Å². The lowest BCUT2D eigenvalue weighted by Gasteiger charge is -2.26. The molecule has 1 amide bonds. The topological polar surface area (TPSA) is 57.3 Å². The Balaban J connectivity index is 1.52. The lowest BCUT2D eigenvalue weighted by Crippen LogP contribution is -2.32. The van der Waals surface area contributed by atoms with Gasteiger partial charge in [-0.2, -0.15) is 0 Å². The number of thiocarbonyl (C=S) groups is 1. The zero-order valence-electron chi connectivity index (χ0n) is 17.0. The molecule has 1 aromatic carbocycles. The fourth-order valence-electron chi connectivity index (χ4n) is 3.83. The maximum Gasteiger partial charge on any atom is 0.226 e. The predicted octanol–water partition coefficient (Wildman–Crippen LogP) is 5.36. The monoisotopic (exact) mass is 470 g/mol. The molecule has 0 aliphatic carbocycles. The van der Waals surface area contributed by atoms with Crippen LogP contribution < -0.4 is 10.6 Å². The predicted molar refractivity (Wildman–Crippen MR) is 131 cm³/mol. The van der Waals surface area contributed by atoms with E-state index in [0.717, 1.165) is 32.6 Å². The van der Waals surface area contributed by atoms with Crippen LogP contribution in [0, 0.1) is 0 Å². The number of carbonyl (C=O) groups excluding carboxylic acids is 1. The molecule has 2 N–H and O–H groups in total. The second kappa shape index (κ2) is 9.77. The molecular weight excluding hydrogens is 448 g/mol. The van der Waals surface area contributed by atoms with Gasteiger partial charge in [0.1, 0.15) is 0 Å². The van der Waals surface area contributed by atoms with E-state index in [9.17, 15) is 4.79 Å². The van der Waals surface area contributed by atoms with Gasteiger partial charge in [0, 0.05) is 29.7 Å². The van der Waals surface area contributed by atoms with Crippen LogP contribution in [-0.2, 0) is 11.2 Å². The Morgan fingerprint density at radius 2 is 2.03 bits per heavy atom. The third-order valence-electron chi connectivity index (χ3n) is 5.34. The van der Waals surface area contributed by atoms with Crippen LogP contribution in [0.4, 0.5) is 5.69 Å². The number of pyridine rings is 1. The van der Waals surface area contributed by atoms with E-state index < -0.39 is 0 Å². The molecular formula is C23H23ClN4OS2. The van der Waals surface area contributed by atoms with Crippen molar-refractivity contribution in [1.82, 2.24) is 15.2 Å². The first-order valence-corrected chi connectivity index (χ1v) is 11.8. The number of anilines is 1. The molecule has 0 bridgehead atoms. The van der Waals surface area contributed by atoms with E-state index in [1.807, 2.05) is 54.6 Å². The van der Waals surface area contributed by atoms with Crippen molar-refractivity contribution in [2.45, 2.75) is 31.8 Å². The molecule has 1 aliphatic rings. The Morgan fingerprint density at radius 1 is 1.23 bits per heavy atom. The lowest BCUT2D eigenvalue weighted by molar-refractivity contribution is -0.116. The van der Waals surface area contributed by atoms with E-state index in [2.05, 4.69) is 27.4 Å². The van der Waals surface area contributed by atoms with E-state index in [1.54, 1.807) is 6.20 Å². The highest BCUT2D eigenvalue weighted by atomic mass is 35.5. The number of aryl methyl sites for hydroxylation is 1. The molecule has 2 unspecified atom stereocenters. The normalized spacial score (nSPS) is 18.1. The summed E-state index contributed by atoms with van der Waals surface area (Å²) in [5.74, 6) is -0.0343. The largest absolute Gasteiger partial charge is 0.352 e. The van der Waals surface area contributed by atoms with Gasteiger partial charge in [0.25, 0.3) is 0 Å². The average Bonchev–Trinajstić information content (AvgIpc) is 3.35. The number of nitrogens with one attached hydrogen (secondary N) is 2. The Labute approximate surface area is 196 Å². The Hall–Kier alpha value is -2.48. The van der Waals surface area contributed by atoms with E-state index in [4.69, 9.17) is 23.8 Å². The number of para-hydroxylation sites is 1. The standard InChI is InChI=1S/C23H23ClN4OS2/c1-2-15-7-3-4-8-16(15)26-20(29)12-14-28-22(18-10-11-19(24)31-18)21(27-23(28)30)17-9-5-6-13-25-17/h3-11,13,21-22H,2,12,14H2,1H3,(H,26,29)(H,27,30). The minimum absolute atomic E-state index is 0.0343. The summed E-state index contributed by atoms with van der Waals surface area (Å²) < 4.78 is 0.724. The number of hydrogen-bond acceptors (Lipinski definition) is 4. The van der Waals surface area contributed by atoms with Crippen molar-refractivity contribution in [2.24, 2.45) is 0 Å². The Kier molecular flexibility index (Phi) is 6.85. The highest BCUT2D eigenvalue weighted by Gasteiger charge is 2.40. The third-order valence-corrected chi connectivity index (χ3v) is 6.99. The molecule has 0 saturated carbocycles. The zero-order valence-corrected chi connectivity index (χ0v) is 19.4. The van der Waals surface area contributed by atoms with Crippen LogP contribution in [0.3, 0.4) is 0 Å². The molecule has 8 heteroatoms. The van der Waals surface area contributed by atoms with Gasteiger partial charge in [-0.25, -0.2) is 0 Å². The van der Waals surface area contributed by atoms with Crippen LogP contribution in [0.25, 0.3) is 0 Å². The molecule has 2 aromatic heterocycles. The Morgan fingerprint density at radius 3 is 2.74 bits per heavy atom. The highest BCUT2D eigenvalue weighted by molar-refractivity contribution is 7.80. The first-order valence-electron chi connectivity index (χ1n) is 10.2. The van der Waals surface area contributed by atoms with Gasteiger partial charge in [0.05, 0.1) is 22.1 Å². The maximum atomic E-state index is 12.7. The number of hydrogen-bond donors (Lipinski definition) is 2. The molecule has 1 fully saturated rings. The minimum atomic E-state index is -0.104. The Bertz CT molecular complexity index is 1070. The summed E-state index contributed by atoms with van der Waals surface area (Å²) in [4.78, 5) is 20.4. The summed E-state index contributed by atoms with van der Waals surface area (Å²) in [6.07, 6.45) is 2.97. The van der Waals surface area contributed by atoms with Crippen LogP contribution in [0.1, 0.15) is 41.6 Å². The fourth-order valence-corrected chi connectivity index (χ4v) is 5.37. The smallest absolute Gasteiger partial charge is 0.226 e. The van der Waals surface area contributed by atoms with Gasteiger partial charge in [0.15, 0.2) is 5.11 Å². The zero-order chi connectivity index (χ0) is 21.8. The number of thiophene rings is 1. The number of halogens is 1. The number of benzene rings is 1. The van der Waals surface area contributed by atoms with Crippen molar-refractivity contribution in [3.63, 3.8) is 0 Å². The van der Waals surface area contributed by atoms with E-state index >= 15 is 0 Å². The fraction of sp³-hybridized carbons (Fsp3) is 0.261. The van der Waals surface area contributed by atoms with Gasteiger partial charge in [-0.15, -0.1) is 11.3 Å². The summed E-state index contributed by atoms with van der Waals surface area (Å²) in [5, 5.41) is 7.06. The third kappa shape index (κ3) is 4.89. The number of carbonyl (C=O) groups is 1. The second-order valence-electron chi connectivity index (χ2n) is 7.27. The highest BCUT2D eigenvalue weighted by Crippen LogP contribution is 2.42. The molecule has 2 atom stereocenters. The van der Waals surface area contributed by atoms with Crippen molar-refractivity contribution in [3.05, 3.63) is 81.3 Å². The van der Waals surface area contributed by atoms with Gasteiger partial charge in [0.2, 0.25) is 5.91 Å². The summed E-state index contributed by atoms with van der Waals surface area (Å²) in [6, 6.07) is 17.5. The van der Waals surface area contributed by atoms with Crippen LogP contribution in [0.15, 0.2) is 60.8 Å².